The van der Waals surface area contributed by atoms with Crippen molar-refractivity contribution in [2.45, 2.75) is 12.5 Å². The largest absolute Gasteiger partial charge is 0.507 e. The van der Waals surface area contributed by atoms with E-state index in [1.165, 1.54) is 7.11 Å². The van der Waals surface area contributed by atoms with E-state index in [-0.39, 0.29) is 11.3 Å². The number of halogens is 1. The summed E-state index contributed by atoms with van der Waals surface area (Å²) in [6, 6.07) is 13.6. The van der Waals surface area contributed by atoms with E-state index in [1.54, 1.807) is 29.2 Å². The molecule has 1 atom stereocenters. The van der Waals surface area contributed by atoms with E-state index in [4.69, 9.17) is 4.74 Å². The lowest BCUT2D eigenvalue weighted by Gasteiger charge is -2.26. The van der Waals surface area contributed by atoms with Crippen LogP contribution in [0.25, 0.3) is 5.76 Å². The van der Waals surface area contributed by atoms with Crippen LogP contribution in [-0.4, -0.2) is 60.9 Å². The molecule has 1 amide bonds. The van der Waals surface area contributed by atoms with Crippen LogP contribution in [0.1, 0.15) is 23.6 Å². The first-order valence-corrected chi connectivity index (χ1v) is 10.5. The van der Waals surface area contributed by atoms with Crippen molar-refractivity contribution in [2.24, 2.45) is 0 Å². The molecule has 30 heavy (non-hydrogen) atoms. The third-order valence-corrected chi connectivity index (χ3v) is 5.55. The molecule has 0 unspecified atom stereocenters. The monoisotopic (exact) mass is 472 g/mol. The third kappa shape index (κ3) is 4.57. The molecule has 158 valence electrons. The third-order valence-electron chi connectivity index (χ3n) is 5.05. The van der Waals surface area contributed by atoms with Crippen molar-refractivity contribution < 1.29 is 19.4 Å². The Labute approximate surface area is 184 Å². The molecular formula is C23H25BrN2O4. The van der Waals surface area contributed by atoms with Crippen molar-refractivity contribution in [2.75, 3.05) is 34.3 Å². The van der Waals surface area contributed by atoms with Gasteiger partial charge in [0.2, 0.25) is 0 Å². The van der Waals surface area contributed by atoms with Crippen LogP contribution in [-0.2, 0) is 9.59 Å². The number of hydrogen-bond acceptors (Lipinski definition) is 5. The van der Waals surface area contributed by atoms with E-state index in [1.807, 2.05) is 43.3 Å². The van der Waals surface area contributed by atoms with Crippen molar-refractivity contribution in [3.63, 3.8) is 0 Å². The highest BCUT2D eigenvalue weighted by atomic mass is 79.9. The number of amides is 1. The average Bonchev–Trinajstić information content (AvgIpc) is 2.98. The highest BCUT2D eigenvalue weighted by molar-refractivity contribution is 9.10. The maximum atomic E-state index is 13.0. The zero-order valence-electron chi connectivity index (χ0n) is 17.3. The van der Waals surface area contributed by atoms with Crippen molar-refractivity contribution in [1.29, 1.82) is 0 Å². The summed E-state index contributed by atoms with van der Waals surface area (Å²) in [6.45, 7) is 1.19. The summed E-state index contributed by atoms with van der Waals surface area (Å²) in [5.41, 5.74) is 1.29. The molecule has 6 nitrogen and oxygen atoms in total. The second-order valence-corrected chi connectivity index (χ2v) is 8.35. The van der Waals surface area contributed by atoms with Crippen molar-refractivity contribution in [3.05, 3.63) is 69.7 Å². The molecule has 1 fully saturated rings. The minimum Gasteiger partial charge on any atom is -0.507 e. The van der Waals surface area contributed by atoms with E-state index in [0.29, 0.717) is 24.3 Å². The van der Waals surface area contributed by atoms with Crippen molar-refractivity contribution >= 4 is 33.4 Å². The lowest BCUT2D eigenvalue weighted by Crippen LogP contribution is -2.32. The standard InChI is InChI=1S/C23H25BrN2O4/c1-25(2)11-6-12-26-20(15-7-4-9-17(24)13-15)19(22(28)23(26)29)21(27)16-8-5-10-18(14-16)30-3/h4-5,7-10,13-14,20,27H,6,11-12H2,1-3H3/b21-19+/t20-/m0/s1. The van der Waals surface area contributed by atoms with Crippen LogP contribution in [0, 0.1) is 0 Å². The molecule has 1 aliphatic rings. The molecule has 1 saturated heterocycles. The Kier molecular flexibility index (Phi) is 6.95. The Bertz CT molecular complexity index is 987. The van der Waals surface area contributed by atoms with Gasteiger partial charge in [-0.15, -0.1) is 0 Å². The van der Waals surface area contributed by atoms with Crippen LogP contribution >= 0.6 is 15.9 Å². The minimum atomic E-state index is -0.676. The van der Waals surface area contributed by atoms with Gasteiger partial charge in [-0.1, -0.05) is 40.2 Å². The molecule has 0 radical (unpaired) electrons. The number of methoxy groups -OCH3 is 1. The predicted molar refractivity (Wildman–Crippen MR) is 119 cm³/mol. The van der Waals surface area contributed by atoms with E-state index in [2.05, 4.69) is 15.9 Å². The molecule has 0 bridgehead atoms. The molecule has 2 aromatic rings. The molecule has 1 N–H and O–H groups in total. The summed E-state index contributed by atoms with van der Waals surface area (Å²) in [7, 11) is 5.45. The highest BCUT2D eigenvalue weighted by Gasteiger charge is 2.45. The number of ether oxygens (including phenoxy) is 1. The summed E-state index contributed by atoms with van der Waals surface area (Å²) >= 11 is 3.46. The van der Waals surface area contributed by atoms with Crippen LogP contribution in [0.15, 0.2) is 58.6 Å². The van der Waals surface area contributed by atoms with Gasteiger partial charge in [0.15, 0.2) is 0 Å². The Morgan fingerprint density at radius 3 is 2.57 bits per heavy atom. The van der Waals surface area contributed by atoms with Gasteiger partial charge in [0, 0.05) is 16.6 Å². The molecule has 2 aromatic carbocycles. The number of ketones is 1. The summed E-state index contributed by atoms with van der Waals surface area (Å²) in [4.78, 5) is 29.5. The number of likely N-dealkylation sites (tertiary alicyclic amines) is 1. The second kappa shape index (κ2) is 9.45. The normalized spacial score (nSPS) is 18.3. The molecule has 7 heteroatoms. The lowest BCUT2D eigenvalue weighted by atomic mass is 9.95. The molecule has 0 aromatic heterocycles. The van der Waals surface area contributed by atoms with E-state index < -0.39 is 17.7 Å². The van der Waals surface area contributed by atoms with Gasteiger partial charge < -0.3 is 19.6 Å². The van der Waals surface area contributed by atoms with Gasteiger partial charge in [-0.2, -0.15) is 0 Å². The Morgan fingerprint density at radius 1 is 1.17 bits per heavy atom. The fourth-order valence-electron chi connectivity index (χ4n) is 3.62. The molecule has 0 saturated carbocycles. The number of aliphatic hydroxyl groups excluding tert-OH is 1. The number of nitrogens with zero attached hydrogens (tertiary/aromatic N) is 2. The zero-order chi connectivity index (χ0) is 21.8. The van der Waals surface area contributed by atoms with Gasteiger partial charge in [0.05, 0.1) is 18.7 Å². The van der Waals surface area contributed by atoms with Crippen molar-refractivity contribution in [1.82, 2.24) is 9.80 Å². The summed E-state index contributed by atoms with van der Waals surface area (Å²) in [5, 5.41) is 11.1. The molecule has 0 aliphatic carbocycles. The summed E-state index contributed by atoms with van der Waals surface area (Å²) in [6.07, 6.45) is 0.712. The fourth-order valence-corrected chi connectivity index (χ4v) is 4.03. The van der Waals surface area contributed by atoms with Gasteiger partial charge in [-0.25, -0.2) is 0 Å². The molecule has 1 heterocycles. The quantitative estimate of drug-likeness (QED) is 0.376. The van der Waals surface area contributed by atoms with Gasteiger partial charge in [-0.05, 0) is 56.9 Å². The Morgan fingerprint density at radius 2 is 1.90 bits per heavy atom. The molecular weight excluding hydrogens is 448 g/mol. The average molecular weight is 473 g/mol. The number of rotatable bonds is 7. The fraction of sp³-hybridized carbons (Fsp3) is 0.304. The van der Waals surface area contributed by atoms with Crippen LogP contribution < -0.4 is 4.74 Å². The van der Waals surface area contributed by atoms with E-state index >= 15 is 0 Å². The number of carbonyl (C=O) groups is 2. The maximum Gasteiger partial charge on any atom is 0.295 e. The van der Waals surface area contributed by atoms with E-state index in [9.17, 15) is 14.7 Å². The minimum absolute atomic E-state index is 0.0937. The predicted octanol–water partition coefficient (Wildman–Crippen LogP) is 3.83. The Hall–Kier alpha value is -2.64. The zero-order valence-corrected chi connectivity index (χ0v) is 18.8. The lowest BCUT2D eigenvalue weighted by molar-refractivity contribution is -0.139. The number of benzene rings is 2. The molecule has 3 rings (SSSR count). The number of hydrogen-bond donors (Lipinski definition) is 1. The van der Waals surface area contributed by atoms with E-state index in [0.717, 1.165) is 16.6 Å². The van der Waals surface area contributed by atoms with Gasteiger partial charge in [-0.3, -0.25) is 9.59 Å². The number of carbonyl (C=O) groups excluding carboxylic acids is 2. The molecule has 1 aliphatic heterocycles. The first-order chi connectivity index (χ1) is 14.3. The van der Waals surface area contributed by atoms with Gasteiger partial charge in [0.1, 0.15) is 11.5 Å². The smallest absolute Gasteiger partial charge is 0.295 e. The van der Waals surface area contributed by atoms with Gasteiger partial charge in [0.25, 0.3) is 11.7 Å². The van der Waals surface area contributed by atoms with Crippen LogP contribution in [0.3, 0.4) is 0 Å². The van der Waals surface area contributed by atoms with Crippen LogP contribution in [0.5, 0.6) is 5.75 Å². The van der Waals surface area contributed by atoms with Gasteiger partial charge >= 0.3 is 0 Å². The first kappa shape index (κ1) is 22.1. The summed E-state index contributed by atoms with van der Waals surface area (Å²) in [5.74, 6) is -0.918. The molecule has 0 spiro atoms. The SMILES string of the molecule is COc1cccc(/C(O)=C2\C(=O)C(=O)N(CCCN(C)C)[C@H]2c2cccc(Br)c2)c1. The van der Waals surface area contributed by atoms with Crippen LogP contribution in [0.4, 0.5) is 0 Å². The van der Waals surface area contributed by atoms with Crippen molar-refractivity contribution in [3.8, 4) is 5.75 Å². The number of Topliss-reactive ketones (excluding diaryl/α,β-unsaturated/α-hetero) is 1. The van der Waals surface area contributed by atoms with Crippen LogP contribution in [0.2, 0.25) is 0 Å². The maximum absolute atomic E-state index is 13.0. The topological polar surface area (TPSA) is 70.1 Å². The number of aliphatic hydroxyl groups is 1. The Balaban J connectivity index is 2.11. The first-order valence-electron chi connectivity index (χ1n) is 9.66. The highest BCUT2D eigenvalue weighted by Crippen LogP contribution is 2.40. The summed E-state index contributed by atoms with van der Waals surface area (Å²) < 4.78 is 6.07. The second-order valence-electron chi connectivity index (χ2n) is 7.44.